The van der Waals surface area contributed by atoms with Gasteiger partial charge in [0.15, 0.2) is 5.03 Å². The minimum absolute atomic E-state index is 0.139. The molecule has 1 fully saturated rings. The average Bonchev–Trinajstić information content (AvgIpc) is 2.88. The third-order valence-corrected chi connectivity index (χ3v) is 4.73. The van der Waals surface area contributed by atoms with Crippen molar-refractivity contribution in [2.75, 3.05) is 0 Å². The largest absolute Gasteiger partial charge is 0.478 e. The first kappa shape index (κ1) is 13.0. The summed E-state index contributed by atoms with van der Waals surface area (Å²) < 4.78 is 26.7. The van der Waals surface area contributed by atoms with Crippen molar-refractivity contribution in [1.29, 1.82) is 0 Å². The maximum absolute atomic E-state index is 12.1. The second-order valence-corrected chi connectivity index (χ2v) is 6.20. The Bertz CT molecular complexity index is 551. The van der Waals surface area contributed by atoms with E-state index in [1.807, 2.05) is 6.92 Å². The van der Waals surface area contributed by atoms with Gasteiger partial charge < -0.3 is 5.11 Å². The topological polar surface area (TPSA) is 112 Å². The van der Waals surface area contributed by atoms with E-state index in [1.54, 1.807) is 0 Å². The number of aromatic nitrogens is 2. The van der Waals surface area contributed by atoms with Crippen molar-refractivity contribution < 1.29 is 18.3 Å². The molecule has 1 heterocycles. The lowest BCUT2D eigenvalue weighted by Gasteiger charge is -2.16. The second kappa shape index (κ2) is 4.69. The van der Waals surface area contributed by atoms with Crippen LogP contribution >= 0.6 is 0 Å². The Morgan fingerprint density at radius 2 is 2.28 bits per heavy atom. The number of hydrogen-bond donors (Lipinski definition) is 3. The molecule has 100 valence electrons. The molecule has 18 heavy (non-hydrogen) atoms. The van der Waals surface area contributed by atoms with Crippen LogP contribution in [0, 0.1) is 5.92 Å². The number of rotatable bonds is 4. The Morgan fingerprint density at radius 3 is 2.83 bits per heavy atom. The van der Waals surface area contributed by atoms with E-state index in [4.69, 9.17) is 5.11 Å². The van der Waals surface area contributed by atoms with Gasteiger partial charge in [0.25, 0.3) is 10.0 Å². The van der Waals surface area contributed by atoms with E-state index in [9.17, 15) is 13.2 Å². The summed E-state index contributed by atoms with van der Waals surface area (Å²) in [6.45, 7) is 1.98. The van der Waals surface area contributed by atoms with Gasteiger partial charge in [-0.3, -0.25) is 5.10 Å². The molecule has 1 aliphatic rings. The molecule has 2 rings (SSSR count). The van der Waals surface area contributed by atoms with Crippen molar-refractivity contribution in [3.63, 3.8) is 0 Å². The first-order valence-corrected chi connectivity index (χ1v) is 7.19. The van der Waals surface area contributed by atoms with Crippen LogP contribution in [-0.2, 0) is 10.0 Å². The number of nitrogens with zero attached hydrogens (tertiary/aromatic N) is 1. The van der Waals surface area contributed by atoms with Crippen LogP contribution in [0.4, 0.5) is 0 Å². The number of aromatic amines is 1. The van der Waals surface area contributed by atoms with E-state index < -0.39 is 16.0 Å². The zero-order chi connectivity index (χ0) is 13.3. The fraction of sp³-hybridized carbons (Fsp3) is 0.600. The minimum Gasteiger partial charge on any atom is -0.478 e. The maximum atomic E-state index is 12.1. The Hall–Kier alpha value is -1.41. The Morgan fingerprint density at radius 1 is 1.56 bits per heavy atom. The van der Waals surface area contributed by atoms with E-state index in [0.717, 1.165) is 25.5 Å². The highest BCUT2D eigenvalue weighted by Gasteiger charge is 2.31. The Kier molecular flexibility index (Phi) is 3.40. The molecule has 0 bridgehead atoms. The molecule has 0 amide bonds. The fourth-order valence-electron chi connectivity index (χ4n) is 2.21. The molecule has 0 spiro atoms. The molecule has 0 radical (unpaired) electrons. The molecule has 0 aromatic carbocycles. The van der Waals surface area contributed by atoms with Gasteiger partial charge in [-0.25, -0.2) is 17.9 Å². The highest BCUT2D eigenvalue weighted by atomic mass is 32.2. The summed E-state index contributed by atoms with van der Waals surface area (Å²) in [6, 6.07) is -0.139. The van der Waals surface area contributed by atoms with E-state index >= 15 is 0 Å². The molecule has 7 nitrogen and oxygen atoms in total. The SMILES string of the molecule is CC1CCCC1NS(=O)(=O)c1[nH]ncc1C(=O)O. The van der Waals surface area contributed by atoms with Gasteiger partial charge in [-0.2, -0.15) is 5.10 Å². The summed E-state index contributed by atoms with van der Waals surface area (Å²) in [4.78, 5) is 10.9. The molecule has 3 N–H and O–H groups in total. The summed E-state index contributed by atoms with van der Waals surface area (Å²) in [6.07, 6.45) is 3.72. The van der Waals surface area contributed by atoms with Gasteiger partial charge in [0.2, 0.25) is 0 Å². The van der Waals surface area contributed by atoms with Crippen LogP contribution < -0.4 is 4.72 Å². The number of sulfonamides is 1. The van der Waals surface area contributed by atoms with Gasteiger partial charge in [0.05, 0.1) is 6.20 Å². The molecule has 1 aromatic rings. The van der Waals surface area contributed by atoms with Crippen molar-refractivity contribution in [1.82, 2.24) is 14.9 Å². The molecule has 1 aliphatic carbocycles. The molecular formula is C10H15N3O4S. The minimum atomic E-state index is -3.86. The number of hydrogen-bond acceptors (Lipinski definition) is 4. The van der Waals surface area contributed by atoms with E-state index in [0.29, 0.717) is 0 Å². The summed E-state index contributed by atoms with van der Waals surface area (Å²) in [5.41, 5.74) is -0.340. The number of carbonyl (C=O) groups is 1. The average molecular weight is 273 g/mol. The molecule has 1 saturated carbocycles. The number of nitrogens with one attached hydrogen (secondary N) is 2. The van der Waals surface area contributed by atoms with Crippen molar-refractivity contribution in [2.24, 2.45) is 5.92 Å². The number of carboxylic acid groups (broad SMARTS) is 1. The first-order valence-electron chi connectivity index (χ1n) is 5.71. The van der Waals surface area contributed by atoms with Crippen molar-refractivity contribution in [3.05, 3.63) is 11.8 Å². The predicted molar refractivity (Wildman–Crippen MR) is 62.7 cm³/mol. The van der Waals surface area contributed by atoms with Crippen LogP contribution in [0.3, 0.4) is 0 Å². The third kappa shape index (κ3) is 2.39. The Labute approximate surface area is 105 Å². The monoisotopic (exact) mass is 273 g/mol. The number of H-pyrrole nitrogens is 1. The Balaban J connectivity index is 2.25. The second-order valence-electron chi connectivity index (χ2n) is 4.55. The smallest absolute Gasteiger partial charge is 0.340 e. The normalized spacial score (nSPS) is 24.3. The lowest BCUT2D eigenvalue weighted by atomic mass is 10.1. The van der Waals surface area contributed by atoms with E-state index in [1.165, 1.54) is 0 Å². The van der Waals surface area contributed by atoms with E-state index in [-0.39, 0.29) is 22.5 Å². The zero-order valence-corrected chi connectivity index (χ0v) is 10.7. The molecule has 0 aliphatic heterocycles. The maximum Gasteiger partial charge on any atom is 0.340 e. The summed E-state index contributed by atoms with van der Waals surface area (Å²) in [7, 11) is -3.86. The molecule has 8 heteroatoms. The first-order chi connectivity index (χ1) is 8.42. The quantitative estimate of drug-likeness (QED) is 0.742. The van der Waals surface area contributed by atoms with Crippen LogP contribution in [0.15, 0.2) is 11.2 Å². The molecule has 2 atom stereocenters. The van der Waals surface area contributed by atoms with Gasteiger partial charge in [-0.15, -0.1) is 0 Å². The predicted octanol–water partition coefficient (Wildman–Crippen LogP) is 0.575. The standard InChI is InChI=1S/C10H15N3O4S/c1-6-3-2-4-8(6)13-18(16,17)9-7(10(14)15)5-11-12-9/h5-6,8,13H,2-4H2,1H3,(H,11,12)(H,14,15). The molecule has 2 unspecified atom stereocenters. The number of aromatic carboxylic acids is 1. The fourth-order valence-corrected chi connectivity index (χ4v) is 3.68. The highest BCUT2D eigenvalue weighted by Crippen LogP contribution is 2.26. The van der Waals surface area contributed by atoms with Crippen molar-refractivity contribution in [2.45, 2.75) is 37.3 Å². The summed E-state index contributed by atoms with van der Waals surface area (Å²) in [5.74, 6) is -1.06. The van der Waals surface area contributed by atoms with Crippen molar-refractivity contribution in [3.8, 4) is 0 Å². The lowest BCUT2D eigenvalue weighted by Crippen LogP contribution is -2.37. The van der Waals surface area contributed by atoms with Gasteiger partial charge in [0.1, 0.15) is 5.56 Å². The van der Waals surface area contributed by atoms with Crippen LogP contribution in [-0.4, -0.2) is 35.7 Å². The van der Waals surface area contributed by atoms with E-state index in [2.05, 4.69) is 14.9 Å². The van der Waals surface area contributed by atoms with Crippen LogP contribution in [0.2, 0.25) is 0 Å². The van der Waals surface area contributed by atoms with Gasteiger partial charge in [0, 0.05) is 6.04 Å². The van der Waals surface area contributed by atoms with Crippen LogP contribution in [0.25, 0.3) is 0 Å². The summed E-state index contributed by atoms with van der Waals surface area (Å²) in [5, 5.41) is 14.2. The highest BCUT2D eigenvalue weighted by molar-refractivity contribution is 7.89. The van der Waals surface area contributed by atoms with Gasteiger partial charge in [-0.05, 0) is 18.8 Å². The number of carboxylic acids is 1. The zero-order valence-electron chi connectivity index (χ0n) is 9.88. The van der Waals surface area contributed by atoms with Gasteiger partial charge in [-0.1, -0.05) is 13.3 Å². The lowest BCUT2D eigenvalue weighted by molar-refractivity contribution is 0.0692. The molecular weight excluding hydrogens is 258 g/mol. The van der Waals surface area contributed by atoms with Crippen LogP contribution in [0.1, 0.15) is 36.5 Å². The van der Waals surface area contributed by atoms with Gasteiger partial charge >= 0.3 is 5.97 Å². The molecule has 0 saturated heterocycles. The van der Waals surface area contributed by atoms with Crippen molar-refractivity contribution >= 4 is 16.0 Å². The van der Waals surface area contributed by atoms with Crippen LogP contribution in [0.5, 0.6) is 0 Å². The summed E-state index contributed by atoms with van der Waals surface area (Å²) >= 11 is 0. The molecule has 1 aromatic heterocycles. The third-order valence-electron chi connectivity index (χ3n) is 3.27.